The van der Waals surface area contributed by atoms with Crippen molar-refractivity contribution in [1.82, 2.24) is 15.5 Å². The van der Waals surface area contributed by atoms with Crippen molar-refractivity contribution in [3.8, 4) is 5.75 Å². The van der Waals surface area contributed by atoms with Crippen LogP contribution in [0.4, 0.5) is 0 Å². The molecule has 6 heteroatoms. The van der Waals surface area contributed by atoms with Crippen LogP contribution in [0, 0.1) is 6.92 Å². The Bertz CT molecular complexity index is 603. The Balaban J connectivity index is 1.92. The van der Waals surface area contributed by atoms with Crippen LogP contribution in [0.25, 0.3) is 0 Å². The number of benzene rings is 1. The summed E-state index contributed by atoms with van der Waals surface area (Å²) in [5.41, 5.74) is 1.48. The van der Waals surface area contributed by atoms with Crippen LogP contribution in [0.1, 0.15) is 35.2 Å². The minimum Gasteiger partial charge on any atom is -0.496 e. The van der Waals surface area contributed by atoms with Crippen LogP contribution < -0.4 is 15.4 Å². The summed E-state index contributed by atoms with van der Waals surface area (Å²) in [7, 11) is 5.28. The number of nitrogens with one attached hydrogen (secondary N) is 2. The maximum atomic E-state index is 12.5. The van der Waals surface area contributed by atoms with Gasteiger partial charge in [-0.25, -0.2) is 0 Å². The highest BCUT2D eigenvalue weighted by molar-refractivity contribution is 5.96. The monoisotopic (exact) mass is 333 g/mol. The molecule has 2 rings (SSSR count). The first-order chi connectivity index (χ1) is 11.5. The first kappa shape index (κ1) is 18.3. The predicted molar refractivity (Wildman–Crippen MR) is 93.3 cm³/mol. The molecule has 2 atom stereocenters. The highest BCUT2D eigenvalue weighted by Gasteiger charge is 2.31. The standard InChI is InChI=1S/C18H27N3O3/c1-12-15(6-5-7-16(12)24-4)18(23)20-11-14-9-8-13(21(14)3)10-17(22)19-2/h5-7,13-14H,8-11H2,1-4H3,(H,19,22)(H,20,23)/t13-,14+/m1/s1. The van der Waals surface area contributed by atoms with Crippen molar-refractivity contribution in [3.63, 3.8) is 0 Å². The lowest BCUT2D eigenvalue weighted by molar-refractivity contribution is -0.121. The fourth-order valence-corrected chi connectivity index (χ4v) is 3.29. The molecule has 0 radical (unpaired) electrons. The summed E-state index contributed by atoms with van der Waals surface area (Å²) < 4.78 is 5.27. The van der Waals surface area contributed by atoms with Gasteiger partial charge in [0, 0.05) is 43.2 Å². The third-order valence-corrected chi connectivity index (χ3v) is 4.93. The van der Waals surface area contributed by atoms with Crippen LogP contribution in [0.5, 0.6) is 5.75 Å². The van der Waals surface area contributed by atoms with E-state index < -0.39 is 0 Å². The molecule has 0 unspecified atom stereocenters. The largest absolute Gasteiger partial charge is 0.496 e. The van der Waals surface area contributed by atoms with Crippen molar-refractivity contribution in [2.24, 2.45) is 0 Å². The molecule has 24 heavy (non-hydrogen) atoms. The van der Waals surface area contributed by atoms with Crippen LogP contribution in [-0.2, 0) is 4.79 Å². The van der Waals surface area contributed by atoms with Gasteiger partial charge in [-0.3, -0.25) is 14.5 Å². The molecule has 1 heterocycles. The smallest absolute Gasteiger partial charge is 0.251 e. The van der Waals surface area contributed by atoms with Crippen molar-refractivity contribution in [2.45, 2.75) is 38.3 Å². The average Bonchev–Trinajstić information content (AvgIpc) is 2.92. The van der Waals surface area contributed by atoms with Crippen LogP contribution in [0.15, 0.2) is 18.2 Å². The van der Waals surface area contributed by atoms with E-state index in [1.165, 1.54) is 0 Å². The molecule has 1 aliphatic rings. The van der Waals surface area contributed by atoms with Crippen LogP contribution >= 0.6 is 0 Å². The summed E-state index contributed by atoms with van der Waals surface area (Å²) in [4.78, 5) is 26.2. The molecule has 6 nitrogen and oxygen atoms in total. The van der Waals surface area contributed by atoms with E-state index in [0.717, 1.165) is 18.4 Å². The Morgan fingerprint density at radius 1 is 1.29 bits per heavy atom. The fraction of sp³-hybridized carbons (Fsp3) is 0.556. The summed E-state index contributed by atoms with van der Waals surface area (Å²) in [6, 6.07) is 5.97. The van der Waals surface area contributed by atoms with Gasteiger partial charge in [-0.1, -0.05) is 6.07 Å². The van der Waals surface area contributed by atoms with Crippen LogP contribution in [-0.4, -0.2) is 56.5 Å². The lowest BCUT2D eigenvalue weighted by Crippen LogP contribution is -2.42. The second kappa shape index (κ2) is 8.15. The molecular weight excluding hydrogens is 306 g/mol. The molecule has 0 spiro atoms. The number of methoxy groups -OCH3 is 1. The molecule has 0 bridgehead atoms. The van der Waals surface area contributed by atoms with Gasteiger partial charge in [-0.05, 0) is 38.9 Å². The lowest BCUT2D eigenvalue weighted by atomic mass is 10.1. The molecule has 1 saturated heterocycles. The molecule has 0 aliphatic carbocycles. The van der Waals surface area contributed by atoms with Gasteiger partial charge in [0.2, 0.25) is 5.91 Å². The van der Waals surface area contributed by atoms with Crippen LogP contribution in [0.2, 0.25) is 0 Å². The quantitative estimate of drug-likeness (QED) is 0.824. The van der Waals surface area contributed by atoms with E-state index in [1.54, 1.807) is 20.2 Å². The molecule has 0 aromatic heterocycles. The van der Waals surface area contributed by atoms with Crippen LogP contribution in [0.3, 0.4) is 0 Å². The number of rotatable bonds is 6. The number of hydrogen-bond donors (Lipinski definition) is 2. The number of nitrogens with zero attached hydrogens (tertiary/aromatic N) is 1. The zero-order valence-corrected chi connectivity index (χ0v) is 14.9. The Morgan fingerprint density at radius 2 is 2.00 bits per heavy atom. The van der Waals surface area contributed by atoms with E-state index in [0.29, 0.717) is 24.3 Å². The number of ether oxygens (including phenoxy) is 1. The first-order valence-corrected chi connectivity index (χ1v) is 8.32. The van der Waals surface area contributed by atoms with E-state index in [-0.39, 0.29) is 23.9 Å². The summed E-state index contributed by atoms with van der Waals surface area (Å²) in [5, 5.41) is 5.68. The fourth-order valence-electron chi connectivity index (χ4n) is 3.29. The minimum atomic E-state index is -0.0884. The topological polar surface area (TPSA) is 70.7 Å². The Kier molecular flexibility index (Phi) is 6.20. The number of amides is 2. The maximum Gasteiger partial charge on any atom is 0.251 e. The molecule has 132 valence electrons. The number of likely N-dealkylation sites (tertiary alicyclic amines) is 1. The molecule has 1 fully saturated rings. The van der Waals surface area contributed by atoms with Gasteiger partial charge in [0.05, 0.1) is 7.11 Å². The summed E-state index contributed by atoms with van der Waals surface area (Å²) in [6.07, 6.45) is 2.46. The highest BCUT2D eigenvalue weighted by atomic mass is 16.5. The number of carbonyl (C=O) groups is 2. The zero-order chi connectivity index (χ0) is 17.7. The first-order valence-electron chi connectivity index (χ1n) is 8.32. The average molecular weight is 333 g/mol. The molecule has 0 saturated carbocycles. The molecule has 2 amide bonds. The van der Waals surface area contributed by atoms with E-state index in [2.05, 4.69) is 15.5 Å². The van der Waals surface area contributed by atoms with Gasteiger partial charge in [0.1, 0.15) is 5.75 Å². The Hall–Kier alpha value is -2.08. The van der Waals surface area contributed by atoms with Gasteiger partial charge in [0.25, 0.3) is 5.91 Å². The van der Waals surface area contributed by atoms with Gasteiger partial charge in [0.15, 0.2) is 0 Å². The Labute approximate surface area is 143 Å². The molecule has 1 aromatic rings. The summed E-state index contributed by atoms with van der Waals surface area (Å²) >= 11 is 0. The predicted octanol–water partition coefficient (Wildman–Crippen LogP) is 1.33. The SMILES string of the molecule is CNC(=O)C[C@H]1CC[C@@H](CNC(=O)c2cccc(OC)c2C)N1C. The van der Waals surface area contributed by atoms with E-state index in [1.807, 2.05) is 26.1 Å². The second-order valence-electron chi connectivity index (χ2n) is 6.27. The molecule has 1 aromatic carbocycles. The van der Waals surface area contributed by atoms with Crippen molar-refractivity contribution >= 4 is 11.8 Å². The van der Waals surface area contributed by atoms with Crippen molar-refractivity contribution < 1.29 is 14.3 Å². The normalized spacial score (nSPS) is 20.7. The number of likely N-dealkylation sites (N-methyl/N-ethyl adjacent to an activating group) is 1. The second-order valence-corrected chi connectivity index (χ2v) is 6.27. The number of hydrogen-bond acceptors (Lipinski definition) is 4. The maximum absolute atomic E-state index is 12.5. The van der Waals surface area contributed by atoms with Gasteiger partial charge in [-0.2, -0.15) is 0 Å². The van der Waals surface area contributed by atoms with Crippen molar-refractivity contribution in [3.05, 3.63) is 29.3 Å². The van der Waals surface area contributed by atoms with E-state index in [4.69, 9.17) is 4.74 Å². The van der Waals surface area contributed by atoms with E-state index >= 15 is 0 Å². The third kappa shape index (κ3) is 4.06. The summed E-state index contributed by atoms with van der Waals surface area (Å²) in [6.45, 7) is 2.46. The molecule has 1 aliphatic heterocycles. The summed E-state index contributed by atoms with van der Waals surface area (Å²) in [5.74, 6) is 0.685. The molecule has 2 N–H and O–H groups in total. The van der Waals surface area contributed by atoms with Crippen molar-refractivity contribution in [2.75, 3.05) is 27.7 Å². The van der Waals surface area contributed by atoms with Gasteiger partial charge in [-0.15, -0.1) is 0 Å². The Morgan fingerprint density at radius 3 is 2.67 bits per heavy atom. The lowest BCUT2D eigenvalue weighted by Gasteiger charge is -2.25. The van der Waals surface area contributed by atoms with E-state index in [9.17, 15) is 9.59 Å². The zero-order valence-electron chi connectivity index (χ0n) is 14.9. The molecular formula is C18H27N3O3. The third-order valence-electron chi connectivity index (χ3n) is 4.93. The highest BCUT2D eigenvalue weighted by Crippen LogP contribution is 2.24. The minimum absolute atomic E-state index is 0.0588. The number of carbonyl (C=O) groups excluding carboxylic acids is 2. The van der Waals surface area contributed by atoms with Gasteiger partial charge < -0.3 is 15.4 Å². The van der Waals surface area contributed by atoms with Gasteiger partial charge >= 0.3 is 0 Å². The van der Waals surface area contributed by atoms with Crippen molar-refractivity contribution in [1.29, 1.82) is 0 Å².